The molecular formula is C24H26N2O4S. The Morgan fingerprint density at radius 1 is 1.00 bits per heavy atom. The first kappa shape index (κ1) is 22.4. The molecule has 0 heterocycles. The third-order valence-corrected chi connectivity index (χ3v) is 6.09. The summed E-state index contributed by atoms with van der Waals surface area (Å²) >= 11 is 0. The first-order valence-electron chi connectivity index (χ1n) is 9.95. The van der Waals surface area contributed by atoms with Crippen molar-refractivity contribution in [3.8, 4) is 5.75 Å². The molecule has 0 aliphatic carbocycles. The van der Waals surface area contributed by atoms with E-state index in [2.05, 4.69) is 4.72 Å². The first-order valence-corrected chi connectivity index (χ1v) is 11.4. The lowest BCUT2D eigenvalue weighted by molar-refractivity contribution is 0.0785. The maximum absolute atomic E-state index is 12.9. The van der Waals surface area contributed by atoms with Crippen molar-refractivity contribution in [1.29, 1.82) is 0 Å². The fourth-order valence-electron chi connectivity index (χ4n) is 3.07. The number of anilines is 1. The molecule has 0 aromatic heterocycles. The topological polar surface area (TPSA) is 75.7 Å². The predicted octanol–water partition coefficient (Wildman–Crippen LogP) is 4.47. The second kappa shape index (κ2) is 9.66. The van der Waals surface area contributed by atoms with Crippen LogP contribution < -0.4 is 9.46 Å². The second-order valence-electron chi connectivity index (χ2n) is 7.24. The van der Waals surface area contributed by atoms with Gasteiger partial charge in [-0.25, -0.2) is 8.42 Å². The van der Waals surface area contributed by atoms with Gasteiger partial charge in [-0.15, -0.1) is 0 Å². The molecule has 3 aromatic carbocycles. The zero-order chi connectivity index (χ0) is 22.4. The molecule has 162 valence electrons. The highest BCUT2D eigenvalue weighted by molar-refractivity contribution is 7.92. The monoisotopic (exact) mass is 438 g/mol. The summed E-state index contributed by atoms with van der Waals surface area (Å²) in [4.78, 5) is 14.6. The van der Waals surface area contributed by atoms with Gasteiger partial charge in [-0.05, 0) is 61.9 Å². The van der Waals surface area contributed by atoms with E-state index in [1.807, 2.05) is 38.1 Å². The fourth-order valence-corrected chi connectivity index (χ4v) is 4.12. The molecule has 0 bridgehead atoms. The molecule has 1 amide bonds. The number of hydrogen-bond donors (Lipinski definition) is 1. The third kappa shape index (κ3) is 5.86. The summed E-state index contributed by atoms with van der Waals surface area (Å²) in [6, 6.07) is 20.7. The van der Waals surface area contributed by atoms with E-state index in [1.54, 1.807) is 60.5 Å². The van der Waals surface area contributed by atoms with E-state index in [0.717, 1.165) is 16.9 Å². The number of carbonyl (C=O) groups excluding carboxylic acids is 1. The maximum atomic E-state index is 12.9. The fraction of sp³-hybridized carbons (Fsp3) is 0.208. The summed E-state index contributed by atoms with van der Waals surface area (Å²) < 4.78 is 33.2. The van der Waals surface area contributed by atoms with E-state index in [1.165, 1.54) is 0 Å². The molecule has 31 heavy (non-hydrogen) atoms. The van der Waals surface area contributed by atoms with Gasteiger partial charge in [-0.2, -0.15) is 0 Å². The van der Waals surface area contributed by atoms with Gasteiger partial charge in [0.25, 0.3) is 15.9 Å². The normalized spacial score (nSPS) is 11.1. The number of ether oxygens (including phenoxy) is 1. The number of benzene rings is 3. The molecule has 1 N–H and O–H groups in total. The molecule has 0 saturated carbocycles. The Morgan fingerprint density at radius 2 is 1.68 bits per heavy atom. The Balaban J connectivity index is 1.71. The van der Waals surface area contributed by atoms with Crippen LogP contribution in [-0.4, -0.2) is 32.9 Å². The highest BCUT2D eigenvalue weighted by Crippen LogP contribution is 2.19. The summed E-state index contributed by atoms with van der Waals surface area (Å²) in [7, 11) is -2.03. The largest absolute Gasteiger partial charge is 0.494 e. The van der Waals surface area contributed by atoms with Crippen LogP contribution in [0.3, 0.4) is 0 Å². The van der Waals surface area contributed by atoms with Crippen molar-refractivity contribution in [3.63, 3.8) is 0 Å². The minimum absolute atomic E-state index is 0.169. The van der Waals surface area contributed by atoms with Gasteiger partial charge in [0, 0.05) is 24.8 Å². The minimum Gasteiger partial charge on any atom is -0.494 e. The van der Waals surface area contributed by atoms with Crippen molar-refractivity contribution in [1.82, 2.24) is 4.90 Å². The van der Waals surface area contributed by atoms with E-state index in [0.29, 0.717) is 24.4 Å². The van der Waals surface area contributed by atoms with Crippen LogP contribution in [0.4, 0.5) is 5.69 Å². The van der Waals surface area contributed by atoms with Gasteiger partial charge in [0.15, 0.2) is 0 Å². The van der Waals surface area contributed by atoms with Crippen molar-refractivity contribution in [2.45, 2.75) is 25.3 Å². The van der Waals surface area contributed by atoms with Crippen molar-refractivity contribution in [3.05, 3.63) is 89.5 Å². The number of sulfonamides is 1. The van der Waals surface area contributed by atoms with Crippen molar-refractivity contribution in [2.75, 3.05) is 18.4 Å². The van der Waals surface area contributed by atoms with Crippen LogP contribution in [0.25, 0.3) is 0 Å². The lowest BCUT2D eigenvalue weighted by atomic mass is 10.1. The van der Waals surface area contributed by atoms with Crippen LogP contribution in [0.2, 0.25) is 0 Å². The number of nitrogens with zero attached hydrogens (tertiary/aromatic N) is 1. The molecule has 0 saturated heterocycles. The van der Waals surface area contributed by atoms with Crippen LogP contribution in [0.15, 0.2) is 77.7 Å². The van der Waals surface area contributed by atoms with Gasteiger partial charge in [-0.3, -0.25) is 9.52 Å². The molecule has 0 radical (unpaired) electrons. The van der Waals surface area contributed by atoms with E-state index in [4.69, 9.17) is 4.74 Å². The van der Waals surface area contributed by atoms with Crippen LogP contribution >= 0.6 is 0 Å². The van der Waals surface area contributed by atoms with Crippen LogP contribution in [-0.2, 0) is 16.6 Å². The third-order valence-electron chi connectivity index (χ3n) is 4.69. The lowest BCUT2D eigenvalue weighted by Crippen LogP contribution is -2.26. The zero-order valence-corrected chi connectivity index (χ0v) is 18.6. The number of amides is 1. The van der Waals surface area contributed by atoms with Crippen molar-refractivity contribution >= 4 is 21.6 Å². The van der Waals surface area contributed by atoms with Crippen molar-refractivity contribution in [2.24, 2.45) is 0 Å². The molecule has 0 aliphatic rings. The Kier molecular flexibility index (Phi) is 6.97. The molecule has 3 aromatic rings. The lowest BCUT2D eigenvalue weighted by Gasteiger charge is -2.18. The van der Waals surface area contributed by atoms with Crippen LogP contribution in [0.5, 0.6) is 5.75 Å². The van der Waals surface area contributed by atoms with Gasteiger partial charge in [0.05, 0.1) is 11.5 Å². The molecule has 3 rings (SSSR count). The van der Waals surface area contributed by atoms with Gasteiger partial charge in [0.2, 0.25) is 0 Å². The average Bonchev–Trinajstić information content (AvgIpc) is 2.75. The van der Waals surface area contributed by atoms with E-state index >= 15 is 0 Å². The van der Waals surface area contributed by atoms with E-state index in [-0.39, 0.29) is 10.8 Å². The standard InChI is InChI=1S/C24H26N2O4S/c1-4-30-22-12-10-19(11-13-22)17-26(3)24(27)20-6-5-7-21(16-20)25-31(28,29)23-14-8-18(2)9-15-23/h5-16,25H,4,17H2,1-3H3. The predicted molar refractivity (Wildman–Crippen MR) is 122 cm³/mol. The summed E-state index contributed by atoms with van der Waals surface area (Å²) in [5, 5.41) is 0. The number of carbonyl (C=O) groups is 1. The summed E-state index contributed by atoms with van der Waals surface area (Å²) in [5.41, 5.74) is 2.68. The van der Waals surface area contributed by atoms with E-state index < -0.39 is 10.0 Å². The number of nitrogens with one attached hydrogen (secondary N) is 1. The summed E-state index contributed by atoms with van der Waals surface area (Å²) in [5.74, 6) is 0.582. The number of aryl methyl sites for hydroxylation is 1. The number of hydrogen-bond acceptors (Lipinski definition) is 4. The zero-order valence-electron chi connectivity index (χ0n) is 17.8. The Labute approximate surface area is 183 Å². The molecule has 0 atom stereocenters. The summed E-state index contributed by atoms with van der Waals surface area (Å²) in [6.07, 6.45) is 0. The highest BCUT2D eigenvalue weighted by atomic mass is 32.2. The van der Waals surface area contributed by atoms with Gasteiger partial charge in [-0.1, -0.05) is 35.9 Å². The molecule has 7 heteroatoms. The Morgan fingerprint density at radius 3 is 2.32 bits per heavy atom. The molecule has 0 fully saturated rings. The molecular weight excluding hydrogens is 412 g/mol. The Bertz CT molecular complexity index is 1140. The van der Waals surface area contributed by atoms with Gasteiger partial charge >= 0.3 is 0 Å². The highest BCUT2D eigenvalue weighted by Gasteiger charge is 2.16. The SMILES string of the molecule is CCOc1ccc(CN(C)C(=O)c2cccc(NS(=O)(=O)c3ccc(C)cc3)c2)cc1. The quantitative estimate of drug-likeness (QED) is 0.563. The van der Waals surface area contributed by atoms with Crippen LogP contribution in [0, 0.1) is 6.92 Å². The van der Waals surface area contributed by atoms with E-state index in [9.17, 15) is 13.2 Å². The average molecular weight is 439 g/mol. The summed E-state index contributed by atoms with van der Waals surface area (Å²) in [6.45, 7) is 4.84. The maximum Gasteiger partial charge on any atom is 0.261 e. The van der Waals surface area contributed by atoms with Crippen LogP contribution in [0.1, 0.15) is 28.4 Å². The smallest absolute Gasteiger partial charge is 0.261 e. The van der Waals surface area contributed by atoms with Crippen molar-refractivity contribution < 1.29 is 17.9 Å². The molecule has 0 unspecified atom stereocenters. The molecule has 6 nitrogen and oxygen atoms in total. The van der Waals surface area contributed by atoms with Gasteiger partial charge in [0.1, 0.15) is 5.75 Å². The number of rotatable bonds is 8. The second-order valence-corrected chi connectivity index (χ2v) is 8.92. The Hall–Kier alpha value is -3.32. The molecule has 0 spiro atoms. The molecule has 0 aliphatic heterocycles. The minimum atomic E-state index is -3.74. The first-order chi connectivity index (χ1) is 14.8. The van der Waals surface area contributed by atoms with Gasteiger partial charge < -0.3 is 9.64 Å².